The van der Waals surface area contributed by atoms with Crippen LogP contribution in [0, 0.1) is 34.5 Å². The lowest BCUT2D eigenvalue weighted by Gasteiger charge is -2.27. The van der Waals surface area contributed by atoms with Gasteiger partial charge in [-0.15, -0.1) is 13.2 Å². The van der Waals surface area contributed by atoms with Gasteiger partial charge in [-0.2, -0.15) is 10.5 Å². The standard InChI is InChI=1S/C17H18N2O/c1-5-12(3)17(13(4)6-2)20-16-9-7-8-14(10-18)15(16)11-19/h5-9,12-13,17H,1-2H2,3-4H3. The van der Waals surface area contributed by atoms with E-state index in [-0.39, 0.29) is 23.5 Å². The average Bonchev–Trinajstić information content (AvgIpc) is 2.50. The van der Waals surface area contributed by atoms with Gasteiger partial charge in [0.2, 0.25) is 0 Å². The third kappa shape index (κ3) is 3.28. The van der Waals surface area contributed by atoms with Gasteiger partial charge in [0.05, 0.1) is 5.56 Å². The van der Waals surface area contributed by atoms with Crippen LogP contribution in [0.25, 0.3) is 0 Å². The van der Waals surface area contributed by atoms with Gasteiger partial charge in [-0.05, 0) is 12.1 Å². The molecule has 0 bridgehead atoms. The van der Waals surface area contributed by atoms with Crippen molar-refractivity contribution >= 4 is 0 Å². The first-order chi connectivity index (χ1) is 9.58. The zero-order chi connectivity index (χ0) is 15.1. The Morgan fingerprint density at radius 3 is 2.15 bits per heavy atom. The second kappa shape index (κ2) is 7.16. The molecule has 0 aromatic heterocycles. The summed E-state index contributed by atoms with van der Waals surface area (Å²) in [5.74, 6) is 0.625. The number of hydrogen-bond acceptors (Lipinski definition) is 3. The molecule has 0 saturated heterocycles. The van der Waals surface area contributed by atoms with E-state index in [1.165, 1.54) is 0 Å². The molecule has 0 aliphatic heterocycles. The lowest BCUT2D eigenvalue weighted by Crippen LogP contribution is -2.30. The van der Waals surface area contributed by atoms with Crippen molar-refractivity contribution in [2.45, 2.75) is 20.0 Å². The highest BCUT2D eigenvalue weighted by Crippen LogP contribution is 2.27. The Labute approximate surface area is 120 Å². The summed E-state index contributed by atoms with van der Waals surface area (Å²) in [6.07, 6.45) is 3.45. The van der Waals surface area contributed by atoms with Gasteiger partial charge in [0.1, 0.15) is 29.6 Å². The molecule has 1 aromatic rings. The van der Waals surface area contributed by atoms with Crippen LogP contribution < -0.4 is 4.74 Å². The Balaban J connectivity index is 3.19. The molecule has 20 heavy (non-hydrogen) atoms. The summed E-state index contributed by atoms with van der Waals surface area (Å²) in [6, 6.07) is 9.06. The van der Waals surface area contributed by atoms with Crippen LogP contribution in [0.5, 0.6) is 5.75 Å². The van der Waals surface area contributed by atoms with Gasteiger partial charge < -0.3 is 4.74 Å². The topological polar surface area (TPSA) is 56.8 Å². The minimum absolute atomic E-state index is 0.0975. The molecule has 1 aromatic carbocycles. The predicted molar refractivity (Wildman–Crippen MR) is 79.0 cm³/mol. The third-order valence-corrected chi connectivity index (χ3v) is 3.30. The molecule has 0 spiro atoms. The molecule has 0 heterocycles. The van der Waals surface area contributed by atoms with E-state index in [4.69, 9.17) is 10.00 Å². The van der Waals surface area contributed by atoms with Crippen molar-refractivity contribution in [1.29, 1.82) is 10.5 Å². The Morgan fingerprint density at radius 1 is 1.10 bits per heavy atom. The SMILES string of the molecule is C=CC(C)C(Oc1cccc(C#N)c1C#N)C(C)C=C. The fraction of sp³-hybridized carbons (Fsp3) is 0.294. The summed E-state index contributed by atoms with van der Waals surface area (Å²) in [5, 5.41) is 18.2. The summed E-state index contributed by atoms with van der Waals surface area (Å²) in [6.45, 7) is 11.6. The molecular formula is C17H18N2O. The molecule has 0 aliphatic rings. The lowest BCUT2D eigenvalue weighted by atomic mass is 9.93. The normalized spacial score (nSPS) is 14.2. The van der Waals surface area contributed by atoms with Crippen LogP contribution in [0.4, 0.5) is 0 Å². The summed E-state index contributed by atoms with van der Waals surface area (Å²) in [5.41, 5.74) is 0.591. The first-order valence-electron chi connectivity index (χ1n) is 6.44. The van der Waals surface area contributed by atoms with E-state index in [9.17, 15) is 5.26 Å². The number of nitriles is 2. The highest BCUT2D eigenvalue weighted by atomic mass is 16.5. The maximum absolute atomic E-state index is 9.21. The van der Waals surface area contributed by atoms with Crippen LogP contribution in [-0.2, 0) is 0 Å². The predicted octanol–water partition coefficient (Wildman–Crippen LogP) is 3.82. The van der Waals surface area contributed by atoms with E-state index in [1.807, 2.05) is 38.1 Å². The maximum Gasteiger partial charge on any atom is 0.138 e. The maximum atomic E-state index is 9.21. The molecule has 0 fully saturated rings. The summed E-state index contributed by atoms with van der Waals surface area (Å²) in [4.78, 5) is 0. The Kier molecular flexibility index (Phi) is 5.56. The second-order valence-corrected chi connectivity index (χ2v) is 4.67. The van der Waals surface area contributed by atoms with Crippen molar-refractivity contribution in [1.82, 2.24) is 0 Å². The van der Waals surface area contributed by atoms with E-state index in [2.05, 4.69) is 13.2 Å². The minimum Gasteiger partial charge on any atom is -0.488 e. The molecule has 3 nitrogen and oxygen atoms in total. The van der Waals surface area contributed by atoms with E-state index in [0.717, 1.165) is 0 Å². The van der Waals surface area contributed by atoms with Crippen LogP contribution in [0.15, 0.2) is 43.5 Å². The van der Waals surface area contributed by atoms with Crippen LogP contribution in [0.1, 0.15) is 25.0 Å². The van der Waals surface area contributed by atoms with Crippen molar-refractivity contribution in [2.24, 2.45) is 11.8 Å². The first kappa shape index (κ1) is 15.5. The largest absolute Gasteiger partial charge is 0.488 e. The second-order valence-electron chi connectivity index (χ2n) is 4.67. The van der Waals surface area contributed by atoms with Crippen LogP contribution >= 0.6 is 0 Å². The van der Waals surface area contributed by atoms with Crippen molar-refractivity contribution < 1.29 is 4.74 Å². The zero-order valence-corrected chi connectivity index (χ0v) is 11.8. The molecule has 1 rings (SSSR count). The van der Waals surface area contributed by atoms with Gasteiger partial charge in [-0.25, -0.2) is 0 Å². The van der Waals surface area contributed by atoms with E-state index < -0.39 is 0 Å². The molecule has 0 saturated carbocycles. The van der Waals surface area contributed by atoms with Crippen LogP contribution in [0.3, 0.4) is 0 Å². The van der Waals surface area contributed by atoms with Crippen LogP contribution in [-0.4, -0.2) is 6.10 Å². The average molecular weight is 266 g/mol. The number of benzene rings is 1. The monoisotopic (exact) mass is 266 g/mol. The summed E-state index contributed by atoms with van der Waals surface area (Å²) < 4.78 is 5.97. The highest BCUT2D eigenvalue weighted by Gasteiger charge is 2.23. The van der Waals surface area contributed by atoms with Gasteiger partial charge in [0.25, 0.3) is 0 Å². The Hall–Kier alpha value is -2.52. The van der Waals surface area contributed by atoms with Crippen molar-refractivity contribution in [2.75, 3.05) is 0 Å². The summed E-state index contributed by atoms with van der Waals surface area (Å²) in [7, 11) is 0. The smallest absolute Gasteiger partial charge is 0.138 e. The number of hydrogen-bond donors (Lipinski definition) is 0. The molecule has 3 heteroatoms. The fourth-order valence-electron chi connectivity index (χ4n) is 1.95. The Bertz CT molecular complexity index is 564. The molecule has 0 radical (unpaired) electrons. The van der Waals surface area contributed by atoms with E-state index >= 15 is 0 Å². The van der Waals surface area contributed by atoms with Gasteiger partial charge >= 0.3 is 0 Å². The van der Waals surface area contributed by atoms with Gasteiger partial charge in [-0.3, -0.25) is 0 Å². The minimum atomic E-state index is -0.175. The van der Waals surface area contributed by atoms with Gasteiger partial charge in [-0.1, -0.05) is 32.1 Å². The molecule has 0 amide bonds. The quantitative estimate of drug-likeness (QED) is 0.735. The molecule has 2 atom stereocenters. The third-order valence-electron chi connectivity index (χ3n) is 3.30. The van der Waals surface area contributed by atoms with Crippen molar-refractivity contribution in [3.05, 3.63) is 54.6 Å². The van der Waals surface area contributed by atoms with E-state index in [1.54, 1.807) is 18.2 Å². The zero-order valence-electron chi connectivity index (χ0n) is 11.8. The van der Waals surface area contributed by atoms with Gasteiger partial charge in [0.15, 0.2) is 0 Å². The molecule has 102 valence electrons. The fourth-order valence-corrected chi connectivity index (χ4v) is 1.95. The highest BCUT2D eigenvalue weighted by molar-refractivity contribution is 5.53. The number of ether oxygens (including phenoxy) is 1. The molecular weight excluding hydrogens is 248 g/mol. The van der Waals surface area contributed by atoms with Crippen LogP contribution in [0.2, 0.25) is 0 Å². The lowest BCUT2D eigenvalue weighted by molar-refractivity contribution is 0.128. The number of rotatable bonds is 6. The Morgan fingerprint density at radius 2 is 1.70 bits per heavy atom. The van der Waals surface area contributed by atoms with Crippen molar-refractivity contribution in [3.8, 4) is 17.9 Å². The first-order valence-corrected chi connectivity index (χ1v) is 6.44. The van der Waals surface area contributed by atoms with Gasteiger partial charge in [0, 0.05) is 11.8 Å². The van der Waals surface area contributed by atoms with E-state index in [0.29, 0.717) is 11.3 Å². The summed E-state index contributed by atoms with van der Waals surface area (Å²) >= 11 is 0. The molecule has 0 aliphatic carbocycles. The van der Waals surface area contributed by atoms with Crippen molar-refractivity contribution in [3.63, 3.8) is 0 Å². The molecule has 2 unspecified atom stereocenters. The number of nitrogens with zero attached hydrogens (tertiary/aromatic N) is 2. The molecule has 0 N–H and O–H groups in total.